The van der Waals surface area contributed by atoms with Gasteiger partial charge in [0.05, 0.1) is 7.11 Å². The van der Waals surface area contributed by atoms with Crippen LogP contribution in [0.3, 0.4) is 0 Å². The quantitative estimate of drug-likeness (QED) is 0.439. The number of ether oxygens (including phenoxy) is 1. The van der Waals surface area contributed by atoms with Crippen LogP contribution in [0, 0.1) is 0 Å². The molecule has 0 saturated carbocycles. The molecule has 1 saturated heterocycles. The molecule has 2 atom stereocenters. The first-order chi connectivity index (χ1) is 11.6. The van der Waals surface area contributed by atoms with Crippen LogP contribution >= 0.6 is 34.8 Å². The monoisotopic (exact) mass is 415 g/mol. The fourth-order valence-electron chi connectivity index (χ4n) is 2.51. The Balaban J connectivity index is 2.46. The van der Waals surface area contributed by atoms with Gasteiger partial charge in [0.1, 0.15) is 11.0 Å². The Morgan fingerprint density at radius 3 is 2.56 bits per heavy atom. The summed E-state index contributed by atoms with van der Waals surface area (Å²) < 4.78 is 31.2. The lowest BCUT2D eigenvalue weighted by atomic mass is 9.96. The molecule has 1 fully saturated rings. The Morgan fingerprint density at radius 1 is 1.36 bits per heavy atom. The fraction of sp³-hybridized carbons (Fsp3) is 0.429. The third kappa shape index (κ3) is 3.76. The van der Waals surface area contributed by atoms with E-state index in [2.05, 4.69) is 15.6 Å². The number of rotatable bonds is 5. The number of carbonyl (C=O) groups is 2. The number of nitrogens with one attached hydrogen (secondary N) is 2. The summed E-state index contributed by atoms with van der Waals surface area (Å²) in [4.78, 5) is 23.5. The first-order valence-electron chi connectivity index (χ1n) is 6.96. The summed E-state index contributed by atoms with van der Waals surface area (Å²) in [5, 5.41) is -0.755. The lowest BCUT2D eigenvalue weighted by Gasteiger charge is -2.33. The second-order valence-electron chi connectivity index (χ2n) is 5.39. The molecule has 1 heterocycles. The van der Waals surface area contributed by atoms with E-state index < -0.39 is 29.6 Å². The number of amides is 2. The van der Waals surface area contributed by atoms with Crippen LogP contribution in [0.4, 0.5) is 13.6 Å². The highest BCUT2D eigenvalue weighted by molar-refractivity contribution is 6.36. The van der Waals surface area contributed by atoms with Crippen LogP contribution in [0.5, 0.6) is 0 Å². The molecule has 25 heavy (non-hydrogen) atoms. The van der Waals surface area contributed by atoms with Crippen LogP contribution in [-0.2, 0) is 21.6 Å². The minimum atomic E-state index is -3.08. The molecule has 2 rings (SSSR count). The molecule has 0 bridgehead atoms. The zero-order valence-electron chi connectivity index (χ0n) is 13.1. The molecule has 1 aromatic rings. The maximum absolute atomic E-state index is 13.3. The standard InChI is InChI=1S/C14H14Cl3F2N3O3/c1-14(21-20-13(24)22(14)12(18)19)7-3-6(8(15)5-9(7)16)4-10(17)11(23)25-2/h3,5,10,12,21H,4H2,1-2H3,(H,20,24). The number of hydrogen-bond donors (Lipinski definition) is 2. The van der Waals surface area contributed by atoms with E-state index >= 15 is 0 Å². The summed E-state index contributed by atoms with van der Waals surface area (Å²) >= 11 is 18.2. The number of hydrazine groups is 1. The van der Waals surface area contributed by atoms with E-state index in [1.165, 1.54) is 26.2 Å². The summed E-state index contributed by atoms with van der Waals surface area (Å²) in [6.07, 6.45) is -0.0106. The van der Waals surface area contributed by atoms with Crippen molar-refractivity contribution in [1.29, 1.82) is 0 Å². The van der Waals surface area contributed by atoms with Crippen molar-refractivity contribution in [2.75, 3.05) is 7.11 Å². The topological polar surface area (TPSA) is 70.7 Å². The first-order valence-corrected chi connectivity index (χ1v) is 8.16. The van der Waals surface area contributed by atoms with E-state index in [0.29, 0.717) is 10.5 Å². The molecule has 6 nitrogen and oxygen atoms in total. The van der Waals surface area contributed by atoms with Gasteiger partial charge in [-0.15, -0.1) is 11.6 Å². The van der Waals surface area contributed by atoms with E-state index in [1.54, 1.807) is 0 Å². The molecule has 0 aromatic heterocycles. The minimum absolute atomic E-state index is 0.0106. The van der Waals surface area contributed by atoms with Gasteiger partial charge in [-0.05, 0) is 24.6 Å². The Morgan fingerprint density at radius 2 is 2.00 bits per heavy atom. The van der Waals surface area contributed by atoms with Crippen LogP contribution in [0.15, 0.2) is 12.1 Å². The number of carbonyl (C=O) groups excluding carboxylic acids is 2. The lowest BCUT2D eigenvalue weighted by molar-refractivity contribution is -0.140. The van der Waals surface area contributed by atoms with E-state index in [4.69, 9.17) is 34.8 Å². The SMILES string of the molecule is COC(=O)C(Cl)Cc1cc(C2(C)NNC(=O)N2C(F)F)c(Cl)cc1Cl. The van der Waals surface area contributed by atoms with Crippen LogP contribution in [0.25, 0.3) is 0 Å². The highest BCUT2D eigenvalue weighted by atomic mass is 35.5. The van der Waals surface area contributed by atoms with Gasteiger partial charge >= 0.3 is 18.5 Å². The molecule has 2 amide bonds. The number of esters is 1. The molecule has 11 heteroatoms. The van der Waals surface area contributed by atoms with Gasteiger partial charge < -0.3 is 4.74 Å². The lowest BCUT2D eigenvalue weighted by Crippen LogP contribution is -2.49. The second kappa shape index (κ2) is 7.49. The van der Waals surface area contributed by atoms with Gasteiger partial charge in [0, 0.05) is 22.0 Å². The van der Waals surface area contributed by atoms with Gasteiger partial charge in [-0.25, -0.2) is 15.1 Å². The smallest absolute Gasteiger partial charge is 0.337 e. The van der Waals surface area contributed by atoms with Crippen molar-refractivity contribution >= 4 is 46.8 Å². The first kappa shape index (κ1) is 20.0. The summed E-state index contributed by atoms with van der Waals surface area (Å²) in [6.45, 7) is -1.72. The number of halogens is 5. The predicted molar refractivity (Wildman–Crippen MR) is 88.7 cm³/mol. The Bertz CT molecular complexity index is 707. The summed E-state index contributed by atoms with van der Waals surface area (Å²) in [5.74, 6) is -0.662. The molecule has 2 unspecified atom stereocenters. The van der Waals surface area contributed by atoms with Gasteiger partial charge in [-0.3, -0.25) is 10.2 Å². The van der Waals surface area contributed by atoms with Gasteiger partial charge in [0.2, 0.25) is 0 Å². The average molecular weight is 417 g/mol. The Kier molecular flexibility index (Phi) is 5.98. The molecule has 138 valence electrons. The van der Waals surface area contributed by atoms with Crippen LogP contribution in [0.1, 0.15) is 18.1 Å². The number of alkyl halides is 3. The molecule has 0 aliphatic carbocycles. The van der Waals surface area contributed by atoms with Crippen LogP contribution in [-0.4, -0.2) is 35.9 Å². The molecule has 0 radical (unpaired) electrons. The van der Waals surface area contributed by atoms with E-state index in [-0.39, 0.29) is 22.0 Å². The number of nitrogens with zero attached hydrogens (tertiary/aromatic N) is 1. The van der Waals surface area contributed by atoms with E-state index in [0.717, 1.165) is 0 Å². The van der Waals surface area contributed by atoms with Crippen LogP contribution in [0.2, 0.25) is 10.0 Å². The number of hydrogen-bond acceptors (Lipinski definition) is 4. The summed E-state index contributed by atoms with van der Waals surface area (Å²) in [5.41, 5.74) is 3.56. The highest BCUT2D eigenvalue weighted by Gasteiger charge is 2.48. The van der Waals surface area contributed by atoms with E-state index in [1.807, 2.05) is 0 Å². The molecular formula is C14H14Cl3F2N3O3. The molecule has 1 aliphatic rings. The van der Waals surface area contributed by atoms with Crippen molar-refractivity contribution in [2.45, 2.75) is 30.9 Å². The van der Waals surface area contributed by atoms with Crippen molar-refractivity contribution in [3.63, 3.8) is 0 Å². The number of benzene rings is 1. The number of urea groups is 1. The predicted octanol–water partition coefficient (Wildman–Crippen LogP) is 3.24. The maximum Gasteiger partial charge on any atom is 0.337 e. The molecule has 2 N–H and O–H groups in total. The highest BCUT2D eigenvalue weighted by Crippen LogP contribution is 2.38. The Labute approximate surface area is 157 Å². The normalized spacial score (nSPS) is 21.4. The maximum atomic E-state index is 13.3. The molecule has 1 aliphatic heterocycles. The summed E-state index contributed by atoms with van der Waals surface area (Å²) in [7, 11) is 1.19. The zero-order chi connectivity index (χ0) is 18.9. The third-order valence-electron chi connectivity index (χ3n) is 3.83. The average Bonchev–Trinajstić information content (AvgIpc) is 2.84. The van der Waals surface area contributed by atoms with Crippen molar-refractivity contribution < 1.29 is 23.1 Å². The van der Waals surface area contributed by atoms with Crippen molar-refractivity contribution in [1.82, 2.24) is 15.8 Å². The van der Waals surface area contributed by atoms with Gasteiger partial charge in [-0.1, -0.05) is 23.2 Å². The molecule has 1 aromatic carbocycles. The Hall–Kier alpha value is -1.35. The largest absolute Gasteiger partial charge is 0.468 e. The third-order valence-corrected chi connectivity index (χ3v) is 4.82. The number of methoxy groups -OCH3 is 1. The summed E-state index contributed by atoms with van der Waals surface area (Å²) in [6, 6.07) is 1.76. The van der Waals surface area contributed by atoms with E-state index in [9.17, 15) is 18.4 Å². The van der Waals surface area contributed by atoms with Crippen molar-refractivity contribution in [2.24, 2.45) is 0 Å². The fourth-order valence-corrected chi connectivity index (χ4v) is 3.41. The zero-order valence-corrected chi connectivity index (χ0v) is 15.3. The molecular weight excluding hydrogens is 403 g/mol. The van der Waals surface area contributed by atoms with Gasteiger partial charge in [0.15, 0.2) is 0 Å². The van der Waals surface area contributed by atoms with Crippen molar-refractivity contribution in [3.05, 3.63) is 33.3 Å². The minimum Gasteiger partial charge on any atom is -0.468 e. The second-order valence-corrected chi connectivity index (χ2v) is 6.73. The van der Waals surface area contributed by atoms with Crippen molar-refractivity contribution in [3.8, 4) is 0 Å². The van der Waals surface area contributed by atoms with Gasteiger partial charge in [-0.2, -0.15) is 8.78 Å². The van der Waals surface area contributed by atoms with Crippen LogP contribution < -0.4 is 10.9 Å². The molecule has 0 spiro atoms. The van der Waals surface area contributed by atoms with Gasteiger partial charge in [0.25, 0.3) is 0 Å².